The molecule has 0 aliphatic carbocycles. The number of oxime groups is 1. The summed E-state index contributed by atoms with van der Waals surface area (Å²) < 4.78 is 12.8. The lowest BCUT2D eigenvalue weighted by molar-refractivity contribution is 0.0508. The van der Waals surface area contributed by atoms with Crippen molar-refractivity contribution in [1.29, 1.82) is 0 Å². The van der Waals surface area contributed by atoms with E-state index >= 15 is 0 Å². The van der Waals surface area contributed by atoms with Gasteiger partial charge in [-0.3, -0.25) is 0 Å². The zero-order valence-electron chi connectivity index (χ0n) is 12.0. The Morgan fingerprint density at radius 2 is 2.00 bits per heavy atom. The number of benzene rings is 1. The maximum atomic E-state index is 12.8. The maximum Gasteiger partial charge on any atom is 0.365 e. The third-order valence-corrected chi connectivity index (χ3v) is 3.71. The molecular formula is C15H19FN2O2. The van der Waals surface area contributed by atoms with Crippen molar-refractivity contribution in [2.75, 3.05) is 13.6 Å². The average Bonchev–Trinajstić information content (AvgIpc) is 2.42. The third kappa shape index (κ3) is 3.42. The molecule has 1 saturated heterocycles. The summed E-state index contributed by atoms with van der Waals surface area (Å²) in [5.74, 6) is -0.681. The van der Waals surface area contributed by atoms with Gasteiger partial charge in [0.15, 0.2) is 0 Å². The number of nitrogens with zero attached hydrogens (tertiary/aromatic N) is 2. The molecular weight excluding hydrogens is 259 g/mol. The molecule has 0 aromatic heterocycles. The normalized spacial score (nSPS) is 25.7. The monoisotopic (exact) mass is 278 g/mol. The molecule has 4 nitrogen and oxygen atoms in total. The molecule has 2 rings (SSSR count). The van der Waals surface area contributed by atoms with E-state index in [-0.39, 0.29) is 11.7 Å². The molecule has 108 valence electrons. The minimum atomic E-state index is -0.559. The van der Waals surface area contributed by atoms with E-state index in [0.29, 0.717) is 11.6 Å². The van der Waals surface area contributed by atoms with Gasteiger partial charge in [-0.05, 0) is 38.2 Å². The molecule has 0 bridgehead atoms. The van der Waals surface area contributed by atoms with E-state index in [1.807, 2.05) is 0 Å². The first-order valence-corrected chi connectivity index (χ1v) is 6.71. The second-order valence-corrected chi connectivity index (χ2v) is 5.36. The van der Waals surface area contributed by atoms with Gasteiger partial charge in [0, 0.05) is 24.9 Å². The van der Waals surface area contributed by atoms with E-state index < -0.39 is 5.97 Å². The molecule has 20 heavy (non-hydrogen) atoms. The van der Waals surface area contributed by atoms with Gasteiger partial charge in [-0.15, -0.1) is 0 Å². The van der Waals surface area contributed by atoms with Crippen LogP contribution in [0.3, 0.4) is 0 Å². The molecule has 0 N–H and O–H groups in total. The predicted molar refractivity (Wildman–Crippen MR) is 75.1 cm³/mol. The van der Waals surface area contributed by atoms with Crippen molar-refractivity contribution in [2.24, 2.45) is 11.1 Å². The Balaban J connectivity index is 2.01. The van der Waals surface area contributed by atoms with Gasteiger partial charge < -0.3 is 9.74 Å². The van der Waals surface area contributed by atoms with Crippen LogP contribution >= 0.6 is 0 Å². The van der Waals surface area contributed by atoms with Crippen LogP contribution in [-0.2, 0) is 4.84 Å². The minimum absolute atomic E-state index is 0.261. The highest BCUT2D eigenvalue weighted by Crippen LogP contribution is 2.18. The number of carbonyl (C=O) groups is 1. The Morgan fingerprint density at radius 3 is 2.65 bits per heavy atom. The number of rotatable bonds is 2. The first-order valence-electron chi connectivity index (χ1n) is 6.71. The van der Waals surface area contributed by atoms with Gasteiger partial charge in [0.2, 0.25) is 0 Å². The molecule has 2 unspecified atom stereocenters. The van der Waals surface area contributed by atoms with Gasteiger partial charge in [0.05, 0.1) is 11.3 Å². The fourth-order valence-corrected chi connectivity index (χ4v) is 2.24. The van der Waals surface area contributed by atoms with Crippen LogP contribution in [0.2, 0.25) is 0 Å². The fraction of sp³-hybridized carbons (Fsp3) is 0.467. The lowest BCUT2D eigenvalue weighted by Gasteiger charge is -2.34. The second-order valence-electron chi connectivity index (χ2n) is 5.36. The van der Waals surface area contributed by atoms with E-state index in [0.717, 1.165) is 18.7 Å². The summed E-state index contributed by atoms with van der Waals surface area (Å²) in [7, 11) is 2.07. The van der Waals surface area contributed by atoms with Crippen molar-refractivity contribution < 1.29 is 14.0 Å². The number of hydrogen-bond donors (Lipinski definition) is 0. The lowest BCUT2D eigenvalue weighted by Crippen LogP contribution is -2.43. The molecule has 1 heterocycles. The highest BCUT2D eigenvalue weighted by Gasteiger charge is 2.26. The van der Waals surface area contributed by atoms with Crippen LogP contribution in [0.15, 0.2) is 29.4 Å². The van der Waals surface area contributed by atoms with Gasteiger partial charge in [0.25, 0.3) is 0 Å². The first-order chi connectivity index (χ1) is 9.47. The summed E-state index contributed by atoms with van der Waals surface area (Å²) >= 11 is 0. The third-order valence-electron chi connectivity index (χ3n) is 3.71. The van der Waals surface area contributed by atoms with Crippen LogP contribution in [0.5, 0.6) is 0 Å². The summed E-state index contributed by atoms with van der Waals surface area (Å²) in [5.41, 5.74) is 1.19. The van der Waals surface area contributed by atoms with Crippen LogP contribution in [0.4, 0.5) is 4.39 Å². The molecule has 5 heteroatoms. The van der Waals surface area contributed by atoms with E-state index in [1.165, 1.54) is 24.3 Å². The summed E-state index contributed by atoms with van der Waals surface area (Å²) in [6.45, 7) is 5.07. The van der Waals surface area contributed by atoms with Crippen LogP contribution in [-0.4, -0.2) is 36.2 Å². The summed E-state index contributed by atoms with van der Waals surface area (Å²) in [6, 6.07) is 5.61. The van der Waals surface area contributed by atoms with Crippen molar-refractivity contribution in [3.63, 3.8) is 0 Å². The average molecular weight is 278 g/mol. The number of likely N-dealkylation sites (tertiary alicyclic amines) is 1. The zero-order valence-corrected chi connectivity index (χ0v) is 12.0. The molecule has 1 aliphatic rings. The van der Waals surface area contributed by atoms with Crippen LogP contribution in [0, 0.1) is 11.7 Å². The highest BCUT2D eigenvalue weighted by molar-refractivity contribution is 5.91. The highest BCUT2D eigenvalue weighted by atomic mass is 19.1. The zero-order chi connectivity index (χ0) is 14.7. The Kier molecular flexibility index (Phi) is 4.49. The molecule has 1 aliphatic heterocycles. The minimum Gasteiger partial charge on any atom is -0.313 e. The van der Waals surface area contributed by atoms with Gasteiger partial charge in [-0.2, -0.15) is 0 Å². The summed E-state index contributed by atoms with van der Waals surface area (Å²) in [4.78, 5) is 19.0. The largest absolute Gasteiger partial charge is 0.365 e. The molecule has 1 aromatic rings. The Morgan fingerprint density at radius 1 is 1.35 bits per heavy atom. The van der Waals surface area contributed by atoms with Gasteiger partial charge in [-0.1, -0.05) is 12.1 Å². The van der Waals surface area contributed by atoms with Crippen molar-refractivity contribution in [1.82, 2.24) is 4.90 Å². The first kappa shape index (κ1) is 14.7. The molecule has 0 radical (unpaired) electrons. The van der Waals surface area contributed by atoms with Gasteiger partial charge in [0.1, 0.15) is 5.82 Å². The van der Waals surface area contributed by atoms with Crippen molar-refractivity contribution >= 4 is 11.7 Å². The number of hydrogen-bond acceptors (Lipinski definition) is 4. The number of piperidine rings is 1. The number of carbonyl (C=O) groups excluding carboxylic acids is 1. The second kappa shape index (κ2) is 6.13. The molecule has 2 atom stereocenters. The van der Waals surface area contributed by atoms with E-state index in [1.54, 1.807) is 0 Å². The van der Waals surface area contributed by atoms with Crippen LogP contribution < -0.4 is 0 Å². The molecule has 1 aromatic carbocycles. The van der Waals surface area contributed by atoms with E-state index in [2.05, 4.69) is 31.0 Å². The standard InChI is InChI=1S/C15H19FN2O2/c1-10-9-18(3)11(2)8-14(10)17-20-15(19)12-4-6-13(16)7-5-12/h4-7,10-11H,8-9H2,1-3H3/b17-14-. The van der Waals surface area contributed by atoms with Crippen molar-refractivity contribution in [2.45, 2.75) is 26.3 Å². The lowest BCUT2D eigenvalue weighted by atomic mass is 9.93. The fourth-order valence-electron chi connectivity index (χ4n) is 2.24. The van der Waals surface area contributed by atoms with Crippen LogP contribution in [0.1, 0.15) is 30.6 Å². The molecule has 0 spiro atoms. The predicted octanol–water partition coefficient (Wildman–Crippen LogP) is 2.70. The quantitative estimate of drug-likeness (QED) is 0.617. The maximum absolute atomic E-state index is 12.8. The topological polar surface area (TPSA) is 41.9 Å². The van der Waals surface area contributed by atoms with Crippen LogP contribution in [0.25, 0.3) is 0 Å². The van der Waals surface area contributed by atoms with Gasteiger partial charge in [-0.25, -0.2) is 9.18 Å². The number of halogens is 1. The van der Waals surface area contributed by atoms with Crippen molar-refractivity contribution in [3.05, 3.63) is 35.6 Å². The smallest absolute Gasteiger partial charge is 0.313 e. The van der Waals surface area contributed by atoms with E-state index in [4.69, 9.17) is 4.84 Å². The Labute approximate surface area is 118 Å². The summed E-state index contributed by atoms with van der Waals surface area (Å²) in [6.07, 6.45) is 0.786. The molecule has 0 saturated carbocycles. The van der Waals surface area contributed by atoms with E-state index in [9.17, 15) is 9.18 Å². The Hall–Kier alpha value is -1.75. The molecule has 1 fully saturated rings. The van der Waals surface area contributed by atoms with Gasteiger partial charge >= 0.3 is 5.97 Å². The Bertz CT molecular complexity index is 513. The van der Waals surface area contributed by atoms with Crippen molar-refractivity contribution in [3.8, 4) is 0 Å². The molecule has 0 amide bonds. The SMILES string of the molecule is CC1CN(C)C(C)C/C1=N/OC(=O)c1ccc(F)cc1. The summed E-state index contributed by atoms with van der Waals surface area (Å²) in [5, 5.41) is 3.99.